The van der Waals surface area contributed by atoms with Crippen LogP contribution in [-0.4, -0.2) is 12.8 Å². The van der Waals surface area contributed by atoms with Crippen molar-refractivity contribution in [3.05, 3.63) is 107 Å². The van der Waals surface area contributed by atoms with Gasteiger partial charge in [-0.25, -0.2) is 4.99 Å². The molecule has 0 aliphatic heterocycles. The number of benzene rings is 3. The summed E-state index contributed by atoms with van der Waals surface area (Å²) in [6, 6.07) is 29.5. The molecule has 0 aliphatic rings. The van der Waals surface area contributed by atoms with Gasteiger partial charge in [0.25, 0.3) is 0 Å². The van der Waals surface area contributed by atoms with Gasteiger partial charge in [-0.2, -0.15) is 5.26 Å². The van der Waals surface area contributed by atoms with Crippen molar-refractivity contribution >= 4 is 11.8 Å². The van der Waals surface area contributed by atoms with E-state index in [0.717, 1.165) is 28.2 Å². The summed E-state index contributed by atoms with van der Waals surface area (Å²) in [5.74, 6) is 0.776. The summed E-state index contributed by atoms with van der Waals surface area (Å²) in [4.78, 5) is 4.66. The Labute approximate surface area is 153 Å². The molecule has 26 heavy (non-hydrogen) atoms. The second-order valence-corrected chi connectivity index (χ2v) is 5.61. The molecule has 3 aromatic carbocycles. The van der Waals surface area contributed by atoms with Gasteiger partial charge in [-0.1, -0.05) is 72.8 Å². The summed E-state index contributed by atoms with van der Waals surface area (Å²) < 4.78 is 5.17. The van der Waals surface area contributed by atoms with Crippen LogP contribution in [-0.2, 0) is 0 Å². The first kappa shape index (κ1) is 17.2. The third kappa shape index (κ3) is 4.25. The maximum absolute atomic E-state index is 9.58. The molecule has 3 heteroatoms. The Morgan fingerprint density at radius 1 is 0.846 bits per heavy atom. The average Bonchev–Trinajstić information content (AvgIpc) is 2.73. The Hall–Kier alpha value is -3.64. The number of aliphatic imine (C=N–C) groups is 1. The van der Waals surface area contributed by atoms with Crippen molar-refractivity contribution in [2.24, 2.45) is 4.99 Å². The van der Waals surface area contributed by atoms with Gasteiger partial charge in [0.2, 0.25) is 0 Å². The normalized spacial score (nSPS) is 10.7. The van der Waals surface area contributed by atoms with E-state index in [4.69, 9.17) is 4.74 Å². The maximum Gasteiger partial charge on any atom is 0.141 e. The zero-order valence-corrected chi connectivity index (χ0v) is 14.5. The third-order valence-electron chi connectivity index (χ3n) is 3.86. The van der Waals surface area contributed by atoms with Crippen molar-refractivity contribution in [1.82, 2.24) is 0 Å². The molecule has 0 bridgehead atoms. The first-order valence-corrected chi connectivity index (χ1v) is 8.25. The number of nitriles is 1. The topological polar surface area (TPSA) is 45.4 Å². The highest BCUT2D eigenvalue weighted by atomic mass is 16.5. The summed E-state index contributed by atoms with van der Waals surface area (Å²) in [5.41, 5.74) is 3.95. The molecule has 0 fully saturated rings. The second-order valence-electron chi connectivity index (χ2n) is 5.61. The number of hydrogen-bond acceptors (Lipinski definition) is 3. The van der Waals surface area contributed by atoms with Gasteiger partial charge in [0.05, 0.1) is 12.8 Å². The highest BCUT2D eigenvalue weighted by Crippen LogP contribution is 2.17. The molecular formula is C23H18N2O. The first-order valence-electron chi connectivity index (χ1n) is 8.25. The highest BCUT2D eigenvalue weighted by Gasteiger charge is 2.07. The number of ether oxygens (including phenoxy) is 1. The van der Waals surface area contributed by atoms with Crippen LogP contribution in [0.2, 0.25) is 0 Å². The van der Waals surface area contributed by atoms with Crippen LogP contribution in [0.5, 0.6) is 5.75 Å². The molecule has 0 amide bonds. The molecule has 0 heterocycles. The lowest BCUT2D eigenvalue weighted by Crippen LogP contribution is -2.03. The van der Waals surface area contributed by atoms with Crippen molar-refractivity contribution in [2.75, 3.05) is 7.11 Å². The number of methoxy groups -OCH3 is 1. The summed E-state index contributed by atoms with van der Waals surface area (Å²) in [6.45, 7) is 0. The van der Waals surface area contributed by atoms with Crippen molar-refractivity contribution in [3.63, 3.8) is 0 Å². The van der Waals surface area contributed by atoms with Crippen LogP contribution in [0.15, 0.2) is 95.6 Å². The molecule has 0 radical (unpaired) electrons. The lowest BCUT2D eigenvalue weighted by atomic mass is 10.0. The zero-order valence-electron chi connectivity index (χ0n) is 14.5. The Balaban J connectivity index is 2.05. The molecular weight excluding hydrogens is 320 g/mol. The number of hydrogen-bond donors (Lipinski definition) is 0. The predicted octanol–water partition coefficient (Wildman–Crippen LogP) is 5.10. The van der Waals surface area contributed by atoms with E-state index in [0.29, 0.717) is 5.70 Å². The minimum absolute atomic E-state index is 0.345. The molecule has 0 aliphatic carbocycles. The Morgan fingerprint density at radius 3 is 1.85 bits per heavy atom. The fourth-order valence-corrected chi connectivity index (χ4v) is 2.56. The average molecular weight is 338 g/mol. The Bertz CT molecular complexity index is 909. The molecule has 3 nitrogen and oxygen atoms in total. The fraction of sp³-hybridized carbons (Fsp3) is 0.0435. The smallest absolute Gasteiger partial charge is 0.141 e. The van der Waals surface area contributed by atoms with E-state index in [1.54, 1.807) is 13.2 Å². The Morgan fingerprint density at radius 2 is 1.38 bits per heavy atom. The van der Waals surface area contributed by atoms with Crippen LogP contribution < -0.4 is 4.74 Å². The number of allylic oxidation sites excluding steroid dienone is 1. The van der Waals surface area contributed by atoms with Gasteiger partial charge in [-0.15, -0.1) is 0 Å². The molecule has 3 aromatic rings. The predicted molar refractivity (Wildman–Crippen MR) is 105 cm³/mol. The van der Waals surface area contributed by atoms with E-state index in [2.05, 4.69) is 11.1 Å². The summed E-state index contributed by atoms with van der Waals surface area (Å²) in [5, 5.41) is 9.58. The molecule has 0 N–H and O–H groups in total. The van der Waals surface area contributed by atoms with E-state index in [1.165, 1.54) is 0 Å². The van der Waals surface area contributed by atoms with Gasteiger partial charge >= 0.3 is 0 Å². The highest BCUT2D eigenvalue weighted by molar-refractivity contribution is 6.13. The molecule has 0 aromatic heterocycles. The quantitative estimate of drug-likeness (QED) is 0.480. The van der Waals surface area contributed by atoms with E-state index in [1.807, 2.05) is 84.9 Å². The summed E-state index contributed by atoms with van der Waals surface area (Å²) in [7, 11) is 1.63. The van der Waals surface area contributed by atoms with Crippen LogP contribution in [0.4, 0.5) is 0 Å². The lowest BCUT2D eigenvalue weighted by molar-refractivity contribution is 0.415. The van der Waals surface area contributed by atoms with Crippen LogP contribution >= 0.6 is 0 Å². The van der Waals surface area contributed by atoms with E-state index in [-0.39, 0.29) is 0 Å². The van der Waals surface area contributed by atoms with Gasteiger partial charge in [0.1, 0.15) is 17.5 Å². The van der Waals surface area contributed by atoms with E-state index >= 15 is 0 Å². The van der Waals surface area contributed by atoms with Crippen LogP contribution in [0, 0.1) is 11.3 Å². The van der Waals surface area contributed by atoms with Crippen LogP contribution in [0.25, 0.3) is 6.08 Å². The van der Waals surface area contributed by atoms with Gasteiger partial charge in [-0.05, 0) is 23.8 Å². The first-order chi connectivity index (χ1) is 12.8. The molecule has 3 rings (SSSR count). The Kier molecular flexibility index (Phi) is 5.59. The van der Waals surface area contributed by atoms with E-state index < -0.39 is 0 Å². The SMILES string of the molecule is COc1ccc(/C=C(/C#N)N=C(c2ccccc2)c2ccccc2)cc1. The summed E-state index contributed by atoms with van der Waals surface area (Å²) in [6.07, 6.45) is 1.77. The minimum Gasteiger partial charge on any atom is -0.497 e. The third-order valence-corrected chi connectivity index (χ3v) is 3.86. The van der Waals surface area contributed by atoms with Crippen molar-refractivity contribution in [3.8, 4) is 11.8 Å². The second kappa shape index (κ2) is 8.46. The number of nitrogens with zero attached hydrogens (tertiary/aromatic N) is 2. The van der Waals surface area contributed by atoms with Crippen molar-refractivity contribution in [1.29, 1.82) is 5.26 Å². The molecule has 0 saturated heterocycles. The lowest BCUT2D eigenvalue weighted by Gasteiger charge is -2.07. The van der Waals surface area contributed by atoms with Gasteiger partial charge in [-0.3, -0.25) is 0 Å². The van der Waals surface area contributed by atoms with Gasteiger partial charge < -0.3 is 4.74 Å². The zero-order chi connectivity index (χ0) is 18.2. The van der Waals surface area contributed by atoms with Gasteiger partial charge in [0, 0.05) is 11.1 Å². The standard InChI is InChI=1S/C23H18N2O/c1-26-22-14-12-18(13-15-22)16-21(17-24)25-23(19-8-4-2-5-9-19)20-10-6-3-7-11-20/h2-16H,1H3/b21-16-. The molecule has 126 valence electrons. The minimum atomic E-state index is 0.345. The molecule has 0 unspecified atom stereocenters. The van der Waals surface area contributed by atoms with Crippen LogP contribution in [0.1, 0.15) is 16.7 Å². The molecule has 0 saturated carbocycles. The monoisotopic (exact) mass is 338 g/mol. The van der Waals surface area contributed by atoms with Gasteiger partial charge in [0.15, 0.2) is 0 Å². The van der Waals surface area contributed by atoms with Crippen LogP contribution in [0.3, 0.4) is 0 Å². The van der Waals surface area contributed by atoms with E-state index in [9.17, 15) is 5.26 Å². The van der Waals surface area contributed by atoms with Crippen molar-refractivity contribution < 1.29 is 4.74 Å². The molecule has 0 spiro atoms. The van der Waals surface area contributed by atoms with Crippen molar-refractivity contribution in [2.45, 2.75) is 0 Å². The largest absolute Gasteiger partial charge is 0.497 e. The molecule has 0 atom stereocenters. The maximum atomic E-state index is 9.58. The number of rotatable bonds is 5. The fourth-order valence-electron chi connectivity index (χ4n) is 2.56. The summed E-state index contributed by atoms with van der Waals surface area (Å²) >= 11 is 0.